The zero-order chi connectivity index (χ0) is 10.7. The monoisotopic (exact) mass is 196 g/mol. The molecule has 0 aromatic heterocycles. The third-order valence-electron chi connectivity index (χ3n) is 2.84. The summed E-state index contributed by atoms with van der Waals surface area (Å²) in [6.07, 6.45) is 1.06. The van der Waals surface area contributed by atoms with Crippen LogP contribution in [-0.2, 0) is 0 Å². The second kappa shape index (κ2) is 4.49. The maximum absolute atomic E-state index is 11.2. The van der Waals surface area contributed by atoms with Crippen LogP contribution in [0, 0.1) is 11.8 Å². The number of allylic oxidation sites excluding steroid dienone is 1. The van der Waals surface area contributed by atoms with Gasteiger partial charge in [-0.1, -0.05) is 27.7 Å². The van der Waals surface area contributed by atoms with Crippen LogP contribution in [0.1, 0.15) is 34.1 Å². The van der Waals surface area contributed by atoms with E-state index >= 15 is 0 Å². The summed E-state index contributed by atoms with van der Waals surface area (Å²) in [7, 11) is 0. The van der Waals surface area contributed by atoms with E-state index in [0.717, 1.165) is 12.1 Å². The van der Waals surface area contributed by atoms with Crippen LogP contribution in [0.3, 0.4) is 0 Å². The highest BCUT2D eigenvalue weighted by Crippen LogP contribution is 2.22. The molecule has 80 valence electrons. The van der Waals surface area contributed by atoms with E-state index in [1.54, 1.807) is 0 Å². The maximum Gasteiger partial charge on any atom is 0.319 e. The highest BCUT2D eigenvalue weighted by atomic mass is 16.2. The van der Waals surface area contributed by atoms with E-state index in [-0.39, 0.29) is 6.03 Å². The van der Waals surface area contributed by atoms with Gasteiger partial charge < -0.3 is 10.6 Å². The van der Waals surface area contributed by atoms with E-state index in [4.69, 9.17) is 0 Å². The van der Waals surface area contributed by atoms with E-state index in [9.17, 15) is 4.79 Å². The molecule has 0 spiro atoms. The van der Waals surface area contributed by atoms with Crippen molar-refractivity contribution in [2.24, 2.45) is 11.8 Å². The molecule has 0 saturated carbocycles. The SMILES string of the molecule is CCC(C)C1=C(C(C)C)CNC(=O)N1. The van der Waals surface area contributed by atoms with Crippen molar-refractivity contribution in [3.63, 3.8) is 0 Å². The van der Waals surface area contributed by atoms with Gasteiger partial charge in [0.1, 0.15) is 0 Å². The smallest absolute Gasteiger partial charge is 0.319 e. The minimum atomic E-state index is -0.0651. The van der Waals surface area contributed by atoms with Gasteiger partial charge in [0.05, 0.1) is 0 Å². The van der Waals surface area contributed by atoms with Gasteiger partial charge in [0.2, 0.25) is 0 Å². The van der Waals surface area contributed by atoms with Crippen molar-refractivity contribution in [1.29, 1.82) is 0 Å². The minimum absolute atomic E-state index is 0.0651. The number of urea groups is 1. The molecule has 2 amide bonds. The second-order valence-electron chi connectivity index (χ2n) is 4.21. The molecular weight excluding hydrogens is 176 g/mol. The molecule has 14 heavy (non-hydrogen) atoms. The van der Waals surface area contributed by atoms with Crippen LogP contribution >= 0.6 is 0 Å². The topological polar surface area (TPSA) is 41.1 Å². The van der Waals surface area contributed by atoms with E-state index < -0.39 is 0 Å². The van der Waals surface area contributed by atoms with Crippen molar-refractivity contribution in [2.75, 3.05) is 6.54 Å². The first kappa shape index (κ1) is 11.1. The lowest BCUT2D eigenvalue weighted by Gasteiger charge is -2.28. The molecule has 2 N–H and O–H groups in total. The van der Waals surface area contributed by atoms with Crippen LogP contribution in [0.5, 0.6) is 0 Å². The van der Waals surface area contributed by atoms with Crippen LogP contribution < -0.4 is 10.6 Å². The van der Waals surface area contributed by atoms with Gasteiger partial charge >= 0.3 is 6.03 Å². The number of hydrogen-bond donors (Lipinski definition) is 2. The Morgan fingerprint density at radius 1 is 1.36 bits per heavy atom. The number of carbonyl (C=O) groups is 1. The minimum Gasteiger partial charge on any atom is -0.334 e. The zero-order valence-corrected chi connectivity index (χ0v) is 9.48. The predicted octanol–water partition coefficient (Wildman–Crippen LogP) is 2.26. The van der Waals surface area contributed by atoms with Gasteiger partial charge in [0.25, 0.3) is 0 Å². The normalized spacial score (nSPS) is 19.4. The van der Waals surface area contributed by atoms with Crippen LogP contribution in [0.4, 0.5) is 4.79 Å². The van der Waals surface area contributed by atoms with Gasteiger partial charge in [0.15, 0.2) is 0 Å². The van der Waals surface area contributed by atoms with Gasteiger partial charge in [-0.2, -0.15) is 0 Å². The van der Waals surface area contributed by atoms with Gasteiger partial charge in [-0.05, 0) is 23.8 Å². The average Bonchev–Trinajstić information content (AvgIpc) is 2.16. The highest BCUT2D eigenvalue weighted by Gasteiger charge is 2.22. The summed E-state index contributed by atoms with van der Waals surface area (Å²) in [6.45, 7) is 9.32. The summed E-state index contributed by atoms with van der Waals surface area (Å²) in [5, 5.41) is 5.74. The lowest BCUT2D eigenvalue weighted by atomic mass is 9.92. The molecule has 3 heteroatoms. The fourth-order valence-electron chi connectivity index (χ4n) is 1.68. The number of nitrogens with one attached hydrogen (secondary N) is 2. The molecule has 1 aliphatic heterocycles. The van der Waals surface area contributed by atoms with Crippen LogP contribution in [0.2, 0.25) is 0 Å². The first-order valence-electron chi connectivity index (χ1n) is 5.34. The first-order chi connectivity index (χ1) is 6.56. The summed E-state index contributed by atoms with van der Waals surface area (Å²) in [5.74, 6) is 0.936. The average molecular weight is 196 g/mol. The highest BCUT2D eigenvalue weighted by molar-refractivity contribution is 5.78. The van der Waals surface area contributed by atoms with Crippen molar-refractivity contribution in [2.45, 2.75) is 34.1 Å². The van der Waals surface area contributed by atoms with Gasteiger partial charge in [-0.15, -0.1) is 0 Å². The molecule has 0 saturated heterocycles. The molecule has 0 aliphatic carbocycles. The summed E-state index contributed by atoms with van der Waals surface area (Å²) in [5.41, 5.74) is 2.46. The molecule has 1 unspecified atom stereocenters. The zero-order valence-electron chi connectivity index (χ0n) is 9.48. The van der Waals surface area contributed by atoms with Crippen molar-refractivity contribution in [1.82, 2.24) is 10.6 Å². The molecular formula is C11H20N2O. The quantitative estimate of drug-likeness (QED) is 0.714. The molecule has 1 heterocycles. The Morgan fingerprint density at radius 3 is 2.50 bits per heavy atom. The first-order valence-corrected chi connectivity index (χ1v) is 5.34. The summed E-state index contributed by atoms with van der Waals surface area (Å²) in [4.78, 5) is 11.2. The number of amides is 2. The predicted molar refractivity (Wildman–Crippen MR) is 57.9 cm³/mol. The van der Waals surface area contributed by atoms with Gasteiger partial charge in [-0.3, -0.25) is 0 Å². The van der Waals surface area contributed by atoms with Crippen molar-refractivity contribution in [3.05, 3.63) is 11.3 Å². The van der Waals surface area contributed by atoms with Crippen LogP contribution in [-0.4, -0.2) is 12.6 Å². The molecule has 0 aromatic carbocycles. The molecule has 1 atom stereocenters. The third-order valence-corrected chi connectivity index (χ3v) is 2.84. The molecule has 0 radical (unpaired) electrons. The molecule has 1 aliphatic rings. The van der Waals surface area contributed by atoms with Crippen molar-refractivity contribution in [3.8, 4) is 0 Å². The second-order valence-corrected chi connectivity index (χ2v) is 4.21. The van der Waals surface area contributed by atoms with Crippen molar-refractivity contribution >= 4 is 6.03 Å². The Balaban J connectivity index is 2.94. The van der Waals surface area contributed by atoms with E-state index in [1.165, 1.54) is 5.57 Å². The third kappa shape index (κ3) is 2.28. The van der Waals surface area contributed by atoms with E-state index in [2.05, 4.69) is 38.3 Å². The number of rotatable bonds is 3. The Morgan fingerprint density at radius 2 is 2.00 bits per heavy atom. The summed E-state index contributed by atoms with van der Waals surface area (Å²) in [6, 6.07) is -0.0651. The van der Waals surface area contributed by atoms with Gasteiger partial charge in [-0.25, -0.2) is 4.79 Å². The molecule has 0 aromatic rings. The van der Waals surface area contributed by atoms with Crippen LogP contribution in [0.25, 0.3) is 0 Å². The largest absolute Gasteiger partial charge is 0.334 e. The van der Waals surface area contributed by atoms with Crippen molar-refractivity contribution < 1.29 is 4.79 Å². The summed E-state index contributed by atoms with van der Waals surface area (Å²) >= 11 is 0. The fourth-order valence-corrected chi connectivity index (χ4v) is 1.68. The molecule has 0 bridgehead atoms. The van der Waals surface area contributed by atoms with E-state index in [1.807, 2.05) is 0 Å². The lowest BCUT2D eigenvalue weighted by molar-refractivity contribution is 0.240. The van der Waals surface area contributed by atoms with E-state index in [0.29, 0.717) is 18.4 Å². The number of hydrogen-bond acceptors (Lipinski definition) is 1. The Kier molecular flexibility index (Phi) is 3.55. The Labute approximate surface area is 86.0 Å². The van der Waals surface area contributed by atoms with Crippen LogP contribution in [0.15, 0.2) is 11.3 Å². The molecule has 1 rings (SSSR count). The summed E-state index contributed by atoms with van der Waals surface area (Å²) < 4.78 is 0. The lowest BCUT2D eigenvalue weighted by Crippen LogP contribution is -2.44. The standard InChI is InChI=1S/C11H20N2O/c1-5-8(4)10-9(7(2)3)6-12-11(14)13-10/h7-8H,5-6H2,1-4H3,(H2,12,13,14). The molecule has 0 fully saturated rings. The Hall–Kier alpha value is -0.990. The number of carbonyl (C=O) groups excluding carboxylic acids is 1. The van der Waals surface area contributed by atoms with Gasteiger partial charge in [0, 0.05) is 12.2 Å². The Bertz CT molecular complexity index is 256. The molecule has 3 nitrogen and oxygen atoms in total. The maximum atomic E-state index is 11.2. The fraction of sp³-hybridized carbons (Fsp3) is 0.727.